The van der Waals surface area contributed by atoms with Crippen molar-refractivity contribution in [2.75, 3.05) is 6.54 Å². The van der Waals surface area contributed by atoms with E-state index in [9.17, 15) is 9.90 Å². The fraction of sp³-hybridized carbons (Fsp3) is 0.706. The van der Waals surface area contributed by atoms with Crippen molar-refractivity contribution in [1.82, 2.24) is 5.32 Å². The van der Waals surface area contributed by atoms with Crippen LogP contribution in [0.1, 0.15) is 66.5 Å². The maximum Gasteiger partial charge on any atom is 0.255 e. The smallest absolute Gasteiger partial charge is 0.255 e. The van der Waals surface area contributed by atoms with E-state index in [0.717, 1.165) is 42.9 Å². The number of aryl methyl sites for hydroxylation is 2. The molecular weight excluding hydrogens is 266 g/mol. The van der Waals surface area contributed by atoms with Crippen molar-refractivity contribution in [3.05, 3.63) is 22.6 Å². The number of hydrogen-bond donors (Lipinski definition) is 2. The van der Waals surface area contributed by atoms with Crippen LogP contribution in [0.4, 0.5) is 0 Å². The van der Waals surface area contributed by atoms with E-state index in [4.69, 9.17) is 4.42 Å². The normalized spacial score (nSPS) is 25.9. The van der Waals surface area contributed by atoms with Crippen LogP contribution in [0.3, 0.4) is 0 Å². The number of furan rings is 1. The summed E-state index contributed by atoms with van der Waals surface area (Å²) in [5.74, 6) is 2.00. The van der Waals surface area contributed by atoms with Crippen molar-refractivity contribution >= 4 is 5.91 Å². The van der Waals surface area contributed by atoms with Crippen molar-refractivity contribution in [2.45, 2.75) is 65.4 Å². The third-order valence-electron chi connectivity index (χ3n) is 4.98. The van der Waals surface area contributed by atoms with Crippen LogP contribution in [0, 0.1) is 26.7 Å². The molecule has 1 heterocycles. The molecule has 0 aromatic carbocycles. The molecule has 118 valence electrons. The minimum atomic E-state index is -0.748. The maximum atomic E-state index is 12.3. The van der Waals surface area contributed by atoms with Gasteiger partial charge in [-0.3, -0.25) is 4.79 Å². The Labute approximate surface area is 126 Å². The number of nitrogens with one attached hydrogen (secondary N) is 1. The number of rotatable bonds is 4. The lowest BCUT2D eigenvalue weighted by atomic mass is 9.78. The molecule has 0 atom stereocenters. The summed E-state index contributed by atoms with van der Waals surface area (Å²) in [4.78, 5) is 12.3. The van der Waals surface area contributed by atoms with Crippen LogP contribution in [0.25, 0.3) is 0 Å². The molecule has 1 amide bonds. The molecule has 0 aliphatic heterocycles. The number of amides is 1. The first-order chi connectivity index (χ1) is 9.86. The van der Waals surface area contributed by atoms with Crippen LogP contribution in [0.15, 0.2) is 4.42 Å². The Kier molecular flexibility index (Phi) is 4.77. The monoisotopic (exact) mass is 293 g/mol. The first-order valence-corrected chi connectivity index (χ1v) is 7.93. The van der Waals surface area contributed by atoms with E-state index in [1.165, 1.54) is 6.42 Å². The lowest BCUT2D eigenvalue weighted by Crippen LogP contribution is -2.45. The number of hydrogen-bond acceptors (Lipinski definition) is 3. The molecule has 4 nitrogen and oxygen atoms in total. The predicted octanol–water partition coefficient (Wildman–Crippen LogP) is 3.27. The molecular formula is C17H27NO3. The summed E-state index contributed by atoms with van der Waals surface area (Å²) in [6.07, 6.45) is 4.81. The Morgan fingerprint density at radius 1 is 1.29 bits per heavy atom. The highest BCUT2D eigenvalue weighted by Crippen LogP contribution is 2.33. The fourth-order valence-corrected chi connectivity index (χ4v) is 3.26. The summed E-state index contributed by atoms with van der Waals surface area (Å²) < 4.78 is 5.49. The molecule has 1 aromatic rings. The van der Waals surface area contributed by atoms with E-state index in [1.54, 1.807) is 6.92 Å². The second-order valence-corrected chi connectivity index (χ2v) is 6.47. The van der Waals surface area contributed by atoms with Gasteiger partial charge in [-0.15, -0.1) is 0 Å². The molecule has 4 heteroatoms. The van der Waals surface area contributed by atoms with Crippen LogP contribution in [-0.4, -0.2) is 23.2 Å². The number of aliphatic hydroxyl groups is 1. The molecule has 1 fully saturated rings. The molecule has 0 radical (unpaired) electrons. The molecule has 1 aliphatic rings. The highest BCUT2D eigenvalue weighted by molar-refractivity contribution is 5.96. The van der Waals surface area contributed by atoms with Crippen molar-refractivity contribution in [2.24, 2.45) is 5.92 Å². The summed E-state index contributed by atoms with van der Waals surface area (Å²) >= 11 is 0. The number of carbonyl (C=O) groups excluding carboxylic acids is 1. The highest BCUT2D eigenvalue weighted by atomic mass is 16.3. The van der Waals surface area contributed by atoms with Crippen molar-refractivity contribution < 1.29 is 14.3 Å². The topological polar surface area (TPSA) is 62.5 Å². The zero-order chi connectivity index (χ0) is 15.6. The van der Waals surface area contributed by atoms with Crippen LogP contribution in [0.2, 0.25) is 0 Å². The molecule has 2 rings (SSSR count). The molecule has 0 bridgehead atoms. The third kappa shape index (κ3) is 3.49. The first-order valence-electron chi connectivity index (χ1n) is 7.93. The van der Waals surface area contributed by atoms with Gasteiger partial charge in [0.2, 0.25) is 0 Å². The minimum absolute atomic E-state index is 0.145. The molecule has 0 unspecified atom stereocenters. The van der Waals surface area contributed by atoms with E-state index >= 15 is 0 Å². The number of carbonyl (C=O) groups is 1. The fourth-order valence-electron chi connectivity index (χ4n) is 3.26. The van der Waals surface area contributed by atoms with Gasteiger partial charge in [-0.2, -0.15) is 0 Å². The Morgan fingerprint density at radius 3 is 2.38 bits per heavy atom. The van der Waals surface area contributed by atoms with E-state index in [-0.39, 0.29) is 5.91 Å². The summed E-state index contributed by atoms with van der Waals surface area (Å²) in [6, 6.07) is 0. The standard InChI is InChI=1S/C17H27NO3/c1-5-14-6-8-17(20,9-7-14)10-18-16(19)15-11(2)12(3)21-13(15)4/h14,20H,5-10H2,1-4H3,(H,18,19). The largest absolute Gasteiger partial charge is 0.466 e. The van der Waals surface area contributed by atoms with E-state index in [2.05, 4.69) is 12.2 Å². The van der Waals surface area contributed by atoms with Crippen molar-refractivity contribution in [1.29, 1.82) is 0 Å². The Hall–Kier alpha value is -1.29. The zero-order valence-corrected chi connectivity index (χ0v) is 13.6. The second-order valence-electron chi connectivity index (χ2n) is 6.47. The summed E-state index contributed by atoms with van der Waals surface area (Å²) in [7, 11) is 0. The summed E-state index contributed by atoms with van der Waals surface area (Å²) in [5.41, 5.74) is 0.743. The first kappa shape index (κ1) is 16.1. The van der Waals surface area contributed by atoms with Gasteiger partial charge in [-0.25, -0.2) is 0 Å². The lowest BCUT2D eigenvalue weighted by Gasteiger charge is -2.35. The molecule has 1 saturated carbocycles. The van der Waals surface area contributed by atoms with Gasteiger partial charge in [0.25, 0.3) is 5.91 Å². The van der Waals surface area contributed by atoms with Crippen LogP contribution < -0.4 is 5.32 Å². The van der Waals surface area contributed by atoms with Crippen LogP contribution in [0.5, 0.6) is 0 Å². The van der Waals surface area contributed by atoms with Gasteiger partial charge in [0.15, 0.2) is 0 Å². The molecule has 0 spiro atoms. The van der Waals surface area contributed by atoms with E-state index < -0.39 is 5.60 Å². The van der Waals surface area contributed by atoms with Gasteiger partial charge in [0, 0.05) is 12.1 Å². The zero-order valence-electron chi connectivity index (χ0n) is 13.6. The third-order valence-corrected chi connectivity index (χ3v) is 4.98. The lowest BCUT2D eigenvalue weighted by molar-refractivity contribution is -0.00788. The van der Waals surface area contributed by atoms with Gasteiger partial charge in [-0.1, -0.05) is 13.3 Å². The Bertz CT molecular complexity index is 510. The van der Waals surface area contributed by atoms with Crippen LogP contribution in [-0.2, 0) is 0 Å². The molecule has 21 heavy (non-hydrogen) atoms. The quantitative estimate of drug-likeness (QED) is 0.895. The predicted molar refractivity (Wildman–Crippen MR) is 82.5 cm³/mol. The van der Waals surface area contributed by atoms with Crippen molar-refractivity contribution in [3.8, 4) is 0 Å². The average Bonchev–Trinajstić information content (AvgIpc) is 2.71. The molecule has 1 aliphatic carbocycles. The summed E-state index contributed by atoms with van der Waals surface area (Å²) in [6.45, 7) is 8.08. The van der Waals surface area contributed by atoms with Gasteiger partial charge < -0.3 is 14.8 Å². The molecule has 0 saturated heterocycles. The molecule has 2 N–H and O–H groups in total. The summed E-state index contributed by atoms with van der Waals surface area (Å²) in [5, 5.41) is 13.5. The van der Waals surface area contributed by atoms with Gasteiger partial charge >= 0.3 is 0 Å². The second kappa shape index (κ2) is 6.22. The van der Waals surface area contributed by atoms with Gasteiger partial charge in [0.1, 0.15) is 11.5 Å². The Balaban J connectivity index is 1.95. The maximum absolute atomic E-state index is 12.3. The Morgan fingerprint density at radius 2 is 1.90 bits per heavy atom. The van der Waals surface area contributed by atoms with Crippen molar-refractivity contribution in [3.63, 3.8) is 0 Å². The highest BCUT2D eigenvalue weighted by Gasteiger charge is 2.33. The van der Waals surface area contributed by atoms with Gasteiger partial charge in [0.05, 0.1) is 11.2 Å². The van der Waals surface area contributed by atoms with E-state index in [0.29, 0.717) is 17.9 Å². The molecule has 1 aromatic heterocycles. The van der Waals surface area contributed by atoms with E-state index in [1.807, 2.05) is 13.8 Å². The SMILES string of the molecule is CCC1CCC(O)(CNC(=O)c2c(C)oc(C)c2C)CC1. The minimum Gasteiger partial charge on any atom is -0.466 e. The average molecular weight is 293 g/mol. The van der Waals surface area contributed by atoms with Crippen LogP contribution >= 0.6 is 0 Å². The van der Waals surface area contributed by atoms with Gasteiger partial charge in [-0.05, 0) is 52.4 Å².